The van der Waals surface area contributed by atoms with Crippen LogP contribution < -0.4 is 5.73 Å². The van der Waals surface area contributed by atoms with E-state index in [2.05, 4.69) is 10.1 Å². The minimum atomic E-state index is -0.184. The second-order valence-electron chi connectivity index (χ2n) is 3.91. The lowest BCUT2D eigenvalue weighted by Crippen LogP contribution is -2.12. The van der Waals surface area contributed by atoms with Gasteiger partial charge in [0.2, 0.25) is 11.7 Å². The number of ether oxygens (including phenoxy) is 1. The first-order chi connectivity index (χ1) is 7.10. The molecule has 5 nitrogen and oxygen atoms in total. The highest BCUT2D eigenvalue weighted by Crippen LogP contribution is 2.23. The summed E-state index contributed by atoms with van der Waals surface area (Å²) in [4.78, 5) is 4.25. The van der Waals surface area contributed by atoms with E-state index < -0.39 is 0 Å². The largest absolute Gasteiger partial charge is 0.373 e. The van der Waals surface area contributed by atoms with Crippen molar-refractivity contribution >= 4 is 0 Å². The average molecular weight is 213 g/mol. The second-order valence-corrected chi connectivity index (χ2v) is 3.91. The Bertz CT molecular complexity index is 299. The van der Waals surface area contributed by atoms with Gasteiger partial charge in [-0.2, -0.15) is 4.98 Å². The Hall–Kier alpha value is -0.940. The summed E-state index contributed by atoms with van der Waals surface area (Å²) in [7, 11) is 1.64. The van der Waals surface area contributed by atoms with Gasteiger partial charge in [-0.1, -0.05) is 25.9 Å². The third-order valence-corrected chi connectivity index (χ3v) is 2.33. The zero-order valence-electron chi connectivity index (χ0n) is 9.73. The van der Waals surface area contributed by atoms with Gasteiger partial charge in [-0.3, -0.25) is 0 Å². The summed E-state index contributed by atoms with van der Waals surface area (Å²) >= 11 is 0. The van der Waals surface area contributed by atoms with E-state index in [0.717, 1.165) is 6.42 Å². The maximum atomic E-state index is 5.79. The van der Waals surface area contributed by atoms with Crippen molar-refractivity contribution < 1.29 is 9.26 Å². The minimum absolute atomic E-state index is 0.133. The van der Waals surface area contributed by atoms with Crippen molar-refractivity contribution in [2.75, 3.05) is 7.11 Å². The molecular formula is C10H19N3O2. The normalized spacial score (nSPS) is 15.6. The molecule has 5 heteroatoms. The van der Waals surface area contributed by atoms with E-state index in [1.807, 2.05) is 20.8 Å². The molecule has 1 aromatic rings. The smallest absolute Gasteiger partial charge is 0.243 e. The van der Waals surface area contributed by atoms with Crippen LogP contribution in [0.2, 0.25) is 0 Å². The Kier molecular flexibility index (Phi) is 4.23. The predicted octanol–water partition coefficient (Wildman–Crippen LogP) is 1.82. The van der Waals surface area contributed by atoms with E-state index in [1.165, 1.54) is 0 Å². The van der Waals surface area contributed by atoms with Gasteiger partial charge in [-0.05, 0) is 12.3 Å². The van der Waals surface area contributed by atoms with Gasteiger partial charge in [-0.15, -0.1) is 0 Å². The first-order valence-corrected chi connectivity index (χ1v) is 5.22. The number of rotatable bonds is 5. The van der Waals surface area contributed by atoms with Crippen molar-refractivity contribution in [2.45, 2.75) is 39.3 Å². The molecule has 1 heterocycles. The van der Waals surface area contributed by atoms with Crippen LogP contribution in [0.1, 0.15) is 51.1 Å². The van der Waals surface area contributed by atoms with Crippen molar-refractivity contribution in [3.05, 3.63) is 11.7 Å². The highest BCUT2D eigenvalue weighted by Gasteiger charge is 2.22. The van der Waals surface area contributed by atoms with Crippen LogP contribution >= 0.6 is 0 Å². The lowest BCUT2D eigenvalue weighted by atomic mass is 10.1. The van der Waals surface area contributed by atoms with Crippen molar-refractivity contribution in [2.24, 2.45) is 11.7 Å². The van der Waals surface area contributed by atoms with Gasteiger partial charge in [0.1, 0.15) is 6.10 Å². The molecule has 1 aromatic heterocycles. The fraction of sp³-hybridized carbons (Fsp3) is 0.800. The number of nitrogens with zero attached hydrogens (tertiary/aromatic N) is 2. The fourth-order valence-electron chi connectivity index (χ4n) is 1.36. The van der Waals surface area contributed by atoms with Gasteiger partial charge in [0, 0.05) is 7.11 Å². The van der Waals surface area contributed by atoms with E-state index in [4.69, 9.17) is 15.0 Å². The monoisotopic (exact) mass is 213 g/mol. The lowest BCUT2D eigenvalue weighted by Gasteiger charge is -2.14. The zero-order valence-corrected chi connectivity index (χ0v) is 9.73. The van der Waals surface area contributed by atoms with E-state index in [-0.39, 0.29) is 12.1 Å². The Morgan fingerprint density at radius 1 is 1.47 bits per heavy atom. The molecule has 2 atom stereocenters. The minimum Gasteiger partial charge on any atom is -0.373 e. The molecule has 0 radical (unpaired) electrons. The van der Waals surface area contributed by atoms with E-state index in [0.29, 0.717) is 17.6 Å². The Morgan fingerprint density at radius 3 is 2.60 bits per heavy atom. The van der Waals surface area contributed by atoms with Crippen molar-refractivity contribution in [3.63, 3.8) is 0 Å². The molecular weight excluding hydrogens is 194 g/mol. The molecule has 0 aliphatic carbocycles. The van der Waals surface area contributed by atoms with Crippen LogP contribution in [0, 0.1) is 5.92 Å². The topological polar surface area (TPSA) is 74.2 Å². The first-order valence-electron chi connectivity index (χ1n) is 5.22. The summed E-state index contributed by atoms with van der Waals surface area (Å²) < 4.78 is 10.4. The molecule has 2 N–H and O–H groups in total. The maximum Gasteiger partial charge on any atom is 0.243 e. The first kappa shape index (κ1) is 12.1. The van der Waals surface area contributed by atoms with Gasteiger partial charge < -0.3 is 15.0 Å². The lowest BCUT2D eigenvalue weighted by molar-refractivity contribution is 0.0555. The molecule has 15 heavy (non-hydrogen) atoms. The highest BCUT2D eigenvalue weighted by atomic mass is 16.5. The predicted molar refractivity (Wildman–Crippen MR) is 56.1 cm³/mol. The standard InChI is InChI=1S/C10H19N3O2/c1-5-7(11)10-12-9(13-15-10)8(14-4)6(2)3/h6-8H,5,11H2,1-4H3/t7-,8?/m0/s1. The van der Waals surface area contributed by atoms with Crippen LogP contribution in [0.5, 0.6) is 0 Å². The molecule has 0 aromatic carbocycles. The zero-order chi connectivity index (χ0) is 11.4. The molecule has 0 amide bonds. The van der Waals surface area contributed by atoms with Crippen molar-refractivity contribution in [1.29, 1.82) is 0 Å². The summed E-state index contributed by atoms with van der Waals surface area (Å²) in [5, 5.41) is 3.89. The van der Waals surface area contributed by atoms with Crippen LogP contribution in [0.3, 0.4) is 0 Å². The summed E-state index contributed by atoms with van der Waals surface area (Å²) in [6.07, 6.45) is 0.646. The summed E-state index contributed by atoms with van der Waals surface area (Å²) in [6.45, 7) is 6.07. The number of methoxy groups -OCH3 is 1. The quantitative estimate of drug-likeness (QED) is 0.807. The van der Waals surface area contributed by atoms with E-state index in [9.17, 15) is 0 Å². The van der Waals surface area contributed by atoms with Gasteiger partial charge >= 0.3 is 0 Å². The molecule has 1 rings (SSSR count). The number of aromatic nitrogens is 2. The van der Waals surface area contributed by atoms with Crippen LogP contribution in [0.15, 0.2) is 4.52 Å². The van der Waals surface area contributed by atoms with Gasteiger partial charge in [-0.25, -0.2) is 0 Å². The van der Waals surface area contributed by atoms with Crippen LogP contribution in [0.4, 0.5) is 0 Å². The van der Waals surface area contributed by atoms with E-state index in [1.54, 1.807) is 7.11 Å². The molecule has 0 bridgehead atoms. The molecule has 86 valence electrons. The molecule has 0 aliphatic heterocycles. The molecule has 1 unspecified atom stereocenters. The van der Waals surface area contributed by atoms with Crippen molar-refractivity contribution in [3.8, 4) is 0 Å². The number of nitrogens with two attached hydrogens (primary N) is 1. The van der Waals surface area contributed by atoms with Crippen LogP contribution in [0.25, 0.3) is 0 Å². The molecule has 0 spiro atoms. The second kappa shape index (κ2) is 5.23. The van der Waals surface area contributed by atoms with Crippen molar-refractivity contribution in [1.82, 2.24) is 10.1 Å². The van der Waals surface area contributed by atoms with Crippen LogP contribution in [-0.4, -0.2) is 17.3 Å². The fourth-order valence-corrected chi connectivity index (χ4v) is 1.36. The van der Waals surface area contributed by atoms with Gasteiger partial charge in [0.25, 0.3) is 0 Å². The molecule has 0 fully saturated rings. The Morgan fingerprint density at radius 2 is 2.13 bits per heavy atom. The Balaban J connectivity index is 2.82. The third kappa shape index (κ3) is 2.76. The van der Waals surface area contributed by atoms with Gasteiger partial charge in [0.15, 0.2) is 0 Å². The van der Waals surface area contributed by atoms with Gasteiger partial charge in [0.05, 0.1) is 6.04 Å². The molecule has 0 saturated heterocycles. The summed E-state index contributed by atoms with van der Waals surface area (Å²) in [6, 6.07) is -0.184. The van der Waals surface area contributed by atoms with E-state index >= 15 is 0 Å². The molecule has 0 saturated carbocycles. The summed E-state index contributed by atoms with van der Waals surface area (Å²) in [5.74, 6) is 1.36. The number of hydrogen-bond donors (Lipinski definition) is 1. The third-order valence-electron chi connectivity index (χ3n) is 2.33. The Labute approximate surface area is 90.0 Å². The molecule has 0 aliphatic rings. The maximum absolute atomic E-state index is 5.79. The summed E-state index contributed by atoms with van der Waals surface area (Å²) in [5.41, 5.74) is 5.79. The highest BCUT2D eigenvalue weighted by molar-refractivity contribution is 4.95. The number of hydrogen-bond acceptors (Lipinski definition) is 5. The SMILES string of the molecule is CC[C@H](N)c1nc(C(OC)C(C)C)no1. The van der Waals surface area contributed by atoms with Crippen LogP contribution in [-0.2, 0) is 4.74 Å². The average Bonchev–Trinajstić information content (AvgIpc) is 2.66.